The van der Waals surface area contributed by atoms with Crippen molar-refractivity contribution in [3.05, 3.63) is 30.1 Å². The van der Waals surface area contributed by atoms with Gasteiger partial charge in [0.15, 0.2) is 0 Å². The second kappa shape index (κ2) is 6.31. The van der Waals surface area contributed by atoms with E-state index in [1.165, 1.54) is 0 Å². The molecule has 22 heavy (non-hydrogen) atoms. The smallest absolute Gasteiger partial charge is 0.314 e. The zero-order chi connectivity index (χ0) is 15.5. The van der Waals surface area contributed by atoms with Gasteiger partial charge in [-0.15, -0.1) is 0 Å². The number of nitrogens with one attached hydrogen (secondary N) is 1. The molecular formula is C15H20N4O3. The molecule has 2 fully saturated rings. The largest absolute Gasteiger partial charge is 0.376 e. The Labute approximate surface area is 128 Å². The summed E-state index contributed by atoms with van der Waals surface area (Å²) in [5.74, 6) is 0.557. The molecule has 0 saturated carbocycles. The average Bonchev–Trinajstić information content (AvgIpc) is 2.95. The molecular weight excluding hydrogens is 284 g/mol. The van der Waals surface area contributed by atoms with E-state index in [0.717, 1.165) is 6.42 Å². The zero-order valence-electron chi connectivity index (χ0n) is 12.3. The Morgan fingerprint density at radius 2 is 2.18 bits per heavy atom. The van der Waals surface area contributed by atoms with Gasteiger partial charge in [0.25, 0.3) is 5.91 Å². The van der Waals surface area contributed by atoms with Gasteiger partial charge in [-0.3, -0.25) is 9.78 Å². The predicted molar refractivity (Wildman–Crippen MR) is 79.1 cm³/mol. The van der Waals surface area contributed by atoms with E-state index in [9.17, 15) is 9.59 Å². The van der Waals surface area contributed by atoms with E-state index in [0.29, 0.717) is 43.6 Å². The standard InChI is InChI=1S/C15H20N4O3/c16-15(21)19-6-3-12-11(8-19)9-22-13(12)7-18-14(20)10-1-4-17-5-2-10/h1-2,4-5,11-13H,3,6-9H2,(H2,16,21)(H,18,20)/t11-,12-,13-/m1/s1. The molecule has 7 heteroatoms. The van der Waals surface area contributed by atoms with E-state index in [2.05, 4.69) is 10.3 Å². The summed E-state index contributed by atoms with van der Waals surface area (Å²) in [7, 11) is 0. The monoisotopic (exact) mass is 304 g/mol. The number of urea groups is 1. The zero-order valence-corrected chi connectivity index (χ0v) is 12.3. The van der Waals surface area contributed by atoms with E-state index in [-0.39, 0.29) is 18.0 Å². The highest BCUT2D eigenvalue weighted by atomic mass is 16.5. The van der Waals surface area contributed by atoms with Crippen LogP contribution in [-0.4, -0.2) is 54.2 Å². The van der Waals surface area contributed by atoms with Crippen LogP contribution in [0.1, 0.15) is 16.8 Å². The molecule has 0 unspecified atom stereocenters. The minimum Gasteiger partial charge on any atom is -0.376 e. The van der Waals surface area contributed by atoms with Crippen molar-refractivity contribution in [2.24, 2.45) is 17.6 Å². The van der Waals surface area contributed by atoms with Crippen LogP contribution in [0.5, 0.6) is 0 Å². The van der Waals surface area contributed by atoms with Crippen LogP contribution in [0.2, 0.25) is 0 Å². The van der Waals surface area contributed by atoms with Crippen molar-refractivity contribution in [1.82, 2.24) is 15.2 Å². The van der Waals surface area contributed by atoms with Crippen LogP contribution < -0.4 is 11.1 Å². The van der Waals surface area contributed by atoms with Gasteiger partial charge in [-0.05, 0) is 24.5 Å². The van der Waals surface area contributed by atoms with Gasteiger partial charge in [-0.1, -0.05) is 0 Å². The molecule has 3 atom stereocenters. The van der Waals surface area contributed by atoms with Crippen LogP contribution in [0.25, 0.3) is 0 Å². The summed E-state index contributed by atoms with van der Waals surface area (Å²) >= 11 is 0. The number of amides is 3. The van der Waals surface area contributed by atoms with Gasteiger partial charge in [-0.2, -0.15) is 0 Å². The van der Waals surface area contributed by atoms with Crippen molar-refractivity contribution in [2.45, 2.75) is 12.5 Å². The summed E-state index contributed by atoms with van der Waals surface area (Å²) in [4.78, 5) is 28.8. The number of aromatic nitrogens is 1. The van der Waals surface area contributed by atoms with E-state index < -0.39 is 0 Å². The molecule has 0 radical (unpaired) electrons. The Bertz CT molecular complexity index is 551. The van der Waals surface area contributed by atoms with Crippen molar-refractivity contribution >= 4 is 11.9 Å². The number of hydrogen-bond acceptors (Lipinski definition) is 4. The van der Waals surface area contributed by atoms with Crippen molar-refractivity contribution in [2.75, 3.05) is 26.2 Å². The third kappa shape index (κ3) is 3.04. The quantitative estimate of drug-likeness (QED) is 0.835. The van der Waals surface area contributed by atoms with E-state index in [4.69, 9.17) is 10.5 Å². The molecule has 3 N–H and O–H groups in total. The first kappa shape index (κ1) is 14.8. The minimum absolute atomic E-state index is 0.00538. The fourth-order valence-electron chi connectivity index (χ4n) is 3.30. The highest BCUT2D eigenvalue weighted by Gasteiger charge is 2.41. The SMILES string of the molecule is NC(=O)N1CC[C@@H]2[C@@H](CO[C@@H]2CNC(=O)c2ccncc2)C1. The Kier molecular flexibility index (Phi) is 4.24. The summed E-state index contributed by atoms with van der Waals surface area (Å²) in [6.45, 7) is 2.41. The van der Waals surface area contributed by atoms with Gasteiger partial charge in [0, 0.05) is 43.5 Å². The van der Waals surface area contributed by atoms with Crippen LogP contribution in [-0.2, 0) is 4.74 Å². The topological polar surface area (TPSA) is 97.5 Å². The molecule has 2 aliphatic rings. The molecule has 7 nitrogen and oxygen atoms in total. The summed E-state index contributed by atoms with van der Waals surface area (Å²) in [5, 5.41) is 2.91. The second-order valence-corrected chi connectivity index (χ2v) is 5.81. The lowest BCUT2D eigenvalue weighted by molar-refractivity contribution is 0.0756. The number of nitrogens with two attached hydrogens (primary N) is 1. The third-order valence-corrected chi connectivity index (χ3v) is 4.51. The summed E-state index contributed by atoms with van der Waals surface area (Å²) in [6, 6.07) is 2.99. The number of nitrogens with zero attached hydrogens (tertiary/aromatic N) is 2. The van der Waals surface area contributed by atoms with Crippen LogP contribution >= 0.6 is 0 Å². The third-order valence-electron chi connectivity index (χ3n) is 4.51. The van der Waals surface area contributed by atoms with Crippen molar-refractivity contribution < 1.29 is 14.3 Å². The molecule has 0 bridgehead atoms. The van der Waals surface area contributed by atoms with Crippen LogP contribution in [0.15, 0.2) is 24.5 Å². The molecule has 2 aliphatic heterocycles. The first-order valence-corrected chi connectivity index (χ1v) is 7.49. The average molecular weight is 304 g/mol. The van der Waals surface area contributed by atoms with Crippen LogP contribution in [0, 0.1) is 11.8 Å². The molecule has 3 rings (SSSR count). The van der Waals surface area contributed by atoms with Gasteiger partial charge < -0.3 is 20.7 Å². The Morgan fingerprint density at radius 1 is 1.41 bits per heavy atom. The molecule has 1 aromatic rings. The Balaban J connectivity index is 1.53. The highest BCUT2D eigenvalue weighted by molar-refractivity contribution is 5.93. The number of likely N-dealkylation sites (tertiary alicyclic amines) is 1. The number of rotatable bonds is 3. The summed E-state index contributed by atoms with van der Waals surface area (Å²) in [5.41, 5.74) is 5.92. The molecule has 0 aromatic carbocycles. The van der Waals surface area contributed by atoms with Gasteiger partial charge in [-0.25, -0.2) is 4.79 Å². The number of piperidine rings is 1. The summed E-state index contributed by atoms with van der Waals surface area (Å²) < 4.78 is 5.81. The maximum absolute atomic E-state index is 12.0. The first-order chi connectivity index (χ1) is 10.6. The second-order valence-electron chi connectivity index (χ2n) is 5.81. The van der Waals surface area contributed by atoms with Gasteiger partial charge in [0.2, 0.25) is 0 Å². The minimum atomic E-state index is -0.368. The van der Waals surface area contributed by atoms with Crippen LogP contribution in [0.4, 0.5) is 4.79 Å². The number of ether oxygens (including phenoxy) is 1. The molecule has 0 spiro atoms. The number of hydrogen-bond donors (Lipinski definition) is 2. The maximum Gasteiger partial charge on any atom is 0.314 e. The normalized spacial score (nSPS) is 27.3. The van der Waals surface area contributed by atoms with Crippen molar-refractivity contribution in [1.29, 1.82) is 0 Å². The molecule has 3 heterocycles. The fourth-order valence-corrected chi connectivity index (χ4v) is 3.30. The Hall–Kier alpha value is -2.15. The predicted octanol–water partition coefficient (Wildman–Crippen LogP) is 0.227. The fraction of sp³-hybridized carbons (Fsp3) is 0.533. The number of pyridine rings is 1. The number of carbonyl (C=O) groups excluding carboxylic acids is 2. The van der Waals surface area contributed by atoms with E-state index >= 15 is 0 Å². The number of primary amides is 1. The van der Waals surface area contributed by atoms with Crippen LogP contribution in [0.3, 0.4) is 0 Å². The van der Waals surface area contributed by atoms with Gasteiger partial charge in [0.1, 0.15) is 0 Å². The lowest BCUT2D eigenvalue weighted by atomic mass is 9.84. The van der Waals surface area contributed by atoms with Crippen molar-refractivity contribution in [3.63, 3.8) is 0 Å². The number of fused-ring (bicyclic) bond motifs is 1. The van der Waals surface area contributed by atoms with Gasteiger partial charge >= 0.3 is 6.03 Å². The molecule has 1 aromatic heterocycles. The van der Waals surface area contributed by atoms with E-state index in [1.807, 2.05) is 0 Å². The van der Waals surface area contributed by atoms with Gasteiger partial charge in [0.05, 0.1) is 12.7 Å². The van der Waals surface area contributed by atoms with E-state index in [1.54, 1.807) is 29.4 Å². The first-order valence-electron chi connectivity index (χ1n) is 7.49. The maximum atomic E-state index is 12.0. The lowest BCUT2D eigenvalue weighted by Crippen LogP contribution is -2.47. The number of carbonyl (C=O) groups is 2. The molecule has 118 valence electrons. The Morgan fingerprint density at radius 3 is 2.91 bits per heavy atom. The molecule has 3 amide bonds. The molecule has 2 saturated heterocycles. The molecule has 0 aliphatic carbocycles. The summed E-state index contributed by atoms with van der Waals surface area (Å²) in [6.07, 6.45) is 4.06. The lowest BCUT2D eigenvalue weighted by Gasteiger charge is -2.34. The van der Waals surface area contributed by atoms with Crippen molar-refractivity contribution in [3.8, 4) is 0 Å². The highest BCUT2D eigenvalue weighted by Crippen LogP contribution is 2.34.